The van der Waals surface area contributed by atoms with Crippen LogP contribution >= 0.6 is 0 Å². The summed E-state index contributed by atoms with van der Waals surface area (Å²) in [5.74, 6) is -13.2. The third-order valence-electron chi connectivity index (χ3n) is 2.52. The van der Waals surface area contributed by atoms with Gasteiger partial charge >= 0.3 is 0 Å². The molecule has 20 heavy (non-hydrogen) atoms. The van der Waals surface area contributed by atoms with Crippen LogP contribution in [0.15, 0.2) is 18.2 Å². The highest BCUT2D eigenvalue weighted by Crippen LogP contribution is 2.30. The van der Waals surface area contributed by atoms with Crippen LogP contribution in [0.1, 0.15) is 15.9 Å². The molecule has 0 bridgehead atoms. The average molecular weight is 287 g/mol. The zero-order valence-corrected chi connectivity index (χ0v) is 9.48. The predicted octanol–water partition coefficient (Wildman–Crippen LogP) is 3.12. The van der Waals surface area contributed by atoms with Crippen LogP contribution in [-0.2, 0) is 0 Å². The molecule has 2 aromatic carbocycles. The number of aromatic hydroxyl groups is 1. The summed E-state index contributed by atoms with van der Waals surface area (Å²) in [6.45, 7) is 0. The first-order chi connectivity index (χ1) is 9.36. The lowest BCUT2D eigenvalue weighted by Gasteiger charge is -2.08. The van der Waals surface area contributed by atoms with Crippen molar-refractivity contribution in [2.75, 3.05) is 0 Å². The lowest BCUT2D eigenvalue weighted by atomic mass is 10.0. The number of carbonyl (C=O) groups excluding carboxylic acids is 1. The molecule has 1 radical (unpaired) electrons. The van der Waals surface area contributed by atoms with E-state index in [0.29, 0.717) is 0 Å². The molecule has 0 fully saturated rings. The van der Waals surface area contributed by atoms with Gasteiger partial charge in [0.25, 0.3) is 0 Å². The molecule has 0 unspecified atom stereocenters. The molecular weight excluding hydrogens is 283 g/mol. The summed E-state index contributed by atoms with van der Waals surface area (Å²) in [5.41, 5.74) is -2.44. The molecule has 0 saturated heterocycles. The molecule has 0 heterocycles. The Morgan fingerprint density at radius 2 is 1.55 bits per heavy atom. The Bertz CT molecular complexity index is 683. The van der Waals surface area contributed by atoms with E-state index in [1.165, 1.54) is 0 Å². The van der Waals surface area contributed by atoms with Crippen molar-refractivity contribution in [2.45, 2.75) is 0 Å². The van der Waals surface area contributed by atoms with E-state index in [2.05, 4.69) is 0 Å². The van der Waals surface area contributed by atoms with E-state index in [4.69, 9.17) is 5.11 Å². The van der Waals surface area contributed by atoms with Gasteiger partial charge in [-0.2, -0.15) is 8.78 Å². The summed E-state index contributed by atoms with van der Waals surface area (Å²) in [4.78, 5) is 11.8. The number of hydrogen-bond acceptors (Lipinski definition) is 2. The van der Waals surface area contributed by atoms with Crippen LogP contribution in [0.4, 0.5) is 22.0 Å². The number of phenolic OH excluding ortho intramolecular Hbond substituents is 1. The van der Waals surface area contributed by atoms with E-state index >= 15 is 0 Å². The van der Waals surface area contributed by atoms with Gasteiger partial charge in [-0.05, 0) is 6.07 Å². The molecular formula is C13H4F5O2. The first kappa shape index (κ1) is 14.0. The molecule has 1 N–H and O–H groups in total. The monoisotopic (exact) mass is 287 g/mol. The van der Waals surface area contributed by atoms with Crippen LogP contribution in [0, 0.1) is 35.2 Å². The fourth-order valence-electron chi connectivity index (χ4n) is 1.55. The Morgan fingerprint density at radius 1 is 1.00 bits per heavy atom. The van der Waals surface area contributed by atoms with Crippen LogP contribution in [0.5, 0.6) is 5.75 Å². The van der Waals surface area contributed by atoms with E-state index in [9.17, 15) is 26.7 Å². The summed E-state index contributed by atoms with van der Waals surface area (Å²) < 4.78 is 66.5. The van der Waals surface area contributed by atoms with Gasteiger partial charge in [0.2, 0.25) is 17.4 Å². The minimum atomic E-state index is -2.13. The molecule has 0 atom stereocenters. The van der Waals surface area contributed by atoms with Crippen LogP contribution in [0.3, 0.4) is 0 Å². The van der Waals surface area contributed by atoms with Gasteiger partial charge in [0, 0.05) is 6.07 Å². The Morgan fingerprint density at radius 3 is 2.05 bits per heavy atom. The lowest BCUT2D eigenvalue weighted by Crippen LogP contribution is -2.13. The minimum Gasteiger partial charge on any atom is -0.503 e. The zero-order chi connectivity index (χ0) is 15.0. The Labute approximate surface area is 109 Å². The molecule has 7 heteroatoms. The molecule has 2 nitrogen and oxygen atoms in total. The molecule has 2 aromatic rings. The van der Waals surface area contributed by atoms with Crippen LogP contribution in [0.25, 0.3) is 0 Å². The number of phenols is 1. The van der Waals surface area contributed by atoms with Gasteiger partial charge in [-0.3, -0.25) is 4.79 Å². The molecule has 0 spiro atoms. The second-order valence-corrected chi connectivity index (χ2v) is 3.71. The van der Waals surface area contributed by atoms with Crippen molar-refractivity contribution in [3.05, 3.63) is 64.5 Å². The summed E-state index contributed by atoms with van der Waals surface area (Å²) in [5, 5.41) is 8.78. The Hall–Kier alpha value is -2.44. The molecule has 0 aliphatic rings. The SMILES string of the molecule is O=C(c1ccc[c]c1F)c1c(F)c(F)c(O)c(F)c1F. The normalized spacial score (nSPS) is 10.7. The van der Waals surface area contributed by atoms with Crippen molar-refractivity contribution in [1.82, 2.24) is 0 Å². The lowest BCUT2D eigenvalue weighted by molar-refractivity contribution is 0.102. The van der Waals surface area contributed by atoms with Crippen LogP contribution in [-0.4, -0.2) is 10.9 Å². The highest BCUT2D eigenvalue weighted by atomic mass is 19.2. The van der Waals surface area contributed by atoms with E-state index in [1.807, 2.05) is 6.07 Å². The Kier molecular flexibility index (Phi) is 3.44. The first-order valence-corrected chi connectivity index (χ1v) is 5.12. The average Bonchev–Trinajstić information content (AvgIpc) is 2.43. The number of halogens is 5. The fourth-order valence-corrected chi connectivity index (χ4v) is 1.55. The van der Waals surface area contributed by atoms with E-state index in [1.54, 1.807) is 0 Å². The zero-order valence-electron chi connectivity index (χ0n) is 9.48. The largest absolute Gasteiger partial charge is 0.503 e. The van der Waals surface area contributed by atoms with Crippen molar-refractivity contribution in [2.24, 2.45) is 0 Å². The van der Waals surface area contributed by atoms with Gasteiger partial charge in [-0.15, -0.1) is 0 Å². The van der Waals surface area contributed by atoms with E-state index in [0.717, 1.165) is 18.2 Å². The van der Waals surface area contributed by atoms with Gasteiger partial charge in [0.15, 0.2) is 17.4 Å². The number of benzene rings is 2. The number of rotatable bonds is 2. The maximum Gasteiger partial charge on any atom is 0.204 e. The molecule has 2 rings (SSSR count). The minimum absolute atomic E-state index is 0.810. The summed E-state index contributed by atoms with van der Waals surface area (Å²) in [6.07, 6.45) is 0. The second-order valence-electron chi connectivity index (χ2n) is 3.71. The van der Waals surface area contributed by atoms with Gasteiger partial charge < -0.3 is 5.11 Å². The van der Waals surface area contributed by atoms with Crippen molar-refractivity contribution >= 4 is 5.78 Å². The summed E-state index contributed by atoms with van der Waals surface area (Å²) in [7, 11) is 0. The van der Waals surface area contributed by atoms with E-state index < -0.39 is 51.7 Å². The highest BCUT2D eigenvalue weighted by molar-refractivity contribution is 6.09. The third kappa shape index (κ3) is 2.01. The summed E-state index contributed by atoms with van der Waals surface area (Å²) in [6, 6.07) is 5.08. The van der Waals surface area contributed by atoms with Crippen LogP contribution in [0.2, 0.25) is 0 Å². The maximum absolute atomic E-state index is 13.5. The van der Waals surface area contributed by atoms with Crippen molar-refractivity contribution in [3.63, 3.8) is 0 Å². The number of ketones is 1. The number of hydrogen-bond donors (Lipinski definition) is 1. The van der Waals surface area contributed by atoms with Gasteiger partial charge in [0.05, 0.1) is 5.56 Å². The molecule has 103 valence electrons. The molecule has 0 saturated carbocycles. The van der Waals surface area contributed by atoms with E-state index in [-0.39, 0.29) is 0 Å². The first-order valence-electron chi connectivity index (χ1n) is 5.12. The fraction of sp³-hybridized carbons (Fsp3) is 0. The number of carbonyl (C=O) groups is 1. The standard InChI is InChI=1S/C13H4F5O2/c14-6-4-2-1-3-5(6)12(19)7-8(15)10(17)13(20)11(18)9(7)16/h1-3,20H. The third-order valence-corrected chi connectivity index (χ3v) is 2.52. The summed E-state index contributed by atoms with van der Waals surface area (Å²) >= 11 is 0. The second kappa shape index (κ2) is 4.92. The highest BCUT2D eigenvalue weighted by Gasteiger charge is 2.30. The van der Waals surface area contributed by atoms with Crippen LogP contribution < -0.4 is 0 Å². The smallest absolute Gasteiger partial charge is 0.204 e. The van der Waals surface area contributed by atoms with Gasteiger partial charge in [0.1, 0.15) is 11.4 Å². The Balaban J connectivity index is 2.71. The molecule has 0 aliphatic heterocycles. The quantitative estimate of drug-likeness (QED) is 0.523. The van der Waals surface area contributed by atoms with Crippen molar-refractivity contribution in [1.29, 1.82) is 0 Å². The van der Waals surface area contributed by atoms with Gasteiger partial charge in [-0.25, -0.2) is 13.2 Å². The predicted molar refractivity (Wildman–Crippen MR) is 56.6 cm³/mol. The maximum atomic E-state index is 13.5. The van der Waals surface area contributed by atoms with Crippen molar-refractivity contribution in [3.8, 4) is 5.75 Å². The molecule has 0 aliphatic carbocycles. The molecule has 0 amide bonds. The molecule has 0 aromatic heterocycles. The topological polar surface area (TPSA) is 37.3 Å². The van der Waals surface area contributed by atoms with Gasteiger partial charge in [-0.1, -0.05) is 12.1 Å². The van der Waals surface area contributed by atoms with Crippen molar-refractivity contribution < 1.29 is 31.9 Å².